The van der Waals surface area contributed by atoms with Crippen LogP contribution < -0.4 is 5.73 Å². The van der Waals surface area contributed by atoms with Gasteiger partial charge in [0.1, 0.15) is 0 Å². The highest BCUT2D eigenvalue weighted by Crippen LogP contribution is 2.43. The van der Waals surface area contributed by atoms with Crippen LogP contribution in [-0.4, -0.2) is 66.6 Å². The number of aromatic nitrogens is 2. The van der Waals surface area contributed by atoms with E-state index in [1.54, 1.807) is 10.6 Å². The lowest BCUT2D eigenvalue weighted by molar-refractivity contribution is 0.0652. The maximum absolute atomic E-state index is 12.3. The van der Waals surface area contributed by atoms with Gasteiger partial charge in [0.05, 0.1) is 23.8 Å². The molecule has 0 aliphatic carbocycles. The molecule has 2 aliphatic rings. The summed E-state index contributed by atoms with van der Waals surface area (Å²) in [6.07, 6.45) is 5.25. The van der Waals surface area contributed by atoms with Gasteiger partial charge in [-0.1, -0.05) is 0 Å². The molecule has 0 radical (unpaired) electrons. The standard InChI is InChI=1S/C13H23N5O2S/c1-21(19,20)18-6-2-11-12(16-10-15-11)13(18)3-7-17(8-4-13)9-5-14/h10H,2-9,14H2,1H3,(H,15,16). The summed E-state index contributed by atoms with van der Waals surface area (Å²) in [6, 6.07) is 0. The second-order valence-electron chi connectivity index (χ2n) is 5.98. The van der Waals surface area contributed by atoms with Gasteiger partial charge in [-0.2, -0.15) is 4.31 Å². The number of nitrogens with two attached hydrogens (primary N) is 1. The molecule has 1 aromatic heterocycles. The predicted octanol–water partition coefficient (Wildman–Crippen LogP) is -0.523. The van der Waals surface area contributed by atoms with Crippen molar-refractivity contribution in [3.63, 3.8) is 0 Å². The second-order valence-corrected chi connectivity index (χ2v) is 7.88. The summed E-state index contributed by atoms with van der Waals surface area (Å²) in [5.41, 5.74) is 7.15. The van der Waals surface area contributed by atoms with Crippen LogP contribution in [0.1, 0.15) is 24.2 Å². The third-order valence-electron chi connectivity index (χ3n) is 4.73. The van der Waals surface area contributed by atoms with Crippen molar-refractivity contribution >= 4 is 10.0 Å². The van der Waals surface area contributed by atoms with Gasteiger partial charge in [0, 0.05) is 44.8 Å². The highest BCUT2D eigenvalue weighted by atomic mass is 32.2. The van der Waals surface area contributed by atoms with Gasteiger partial charge in [-0.3, -0.25) is 0 Å². The van der Waals surface area contributed by atoms with Gasteiger partial charge in [0.15, 0.2) is 0 Å². The Morgan fingerprint density at radius 3 is 2.71 bits per heavy atom. The van der Waals surface area contributed by atoms with E-state index in [4.69, 9.17) is 5.73 Å². The maximum Gasteiger partial charge on any atom is 0.212 e. The third kappa shape index (κ3) is 2.50. The number of nitrogens with one attached hydrogen (secondary N) is 1. The van der Waals surface area contributed by atoms with E-state index in [0.717, 1.165) is 43.9 Å². The third-order valence-corrected chi connectivity index (χ3v) is 6.06. The molecule has 3 rings (SSSR count). The molecule has 0 aromatic carbocycles. The Hall–Kier alpha value is -0.960. The van der Waals surface area contributed by atoms with Gasteiger partial charge in [-0.25, -0.2) is 13.4 Å². The molecular weight excluding hydrogens is 290 g/mol. The molecule has 0 atom stereocenters. The van der Waals surface area contributed by atoms with Crippen LogP contribution in [0.15, 0.2) is 6.33 Å². The van der Waals surface area contributed by atoms with E-state index in [1.165, 1.54) is 6.26 Å². The molecule has 1 fully saturated rings. The number of rotatable bonds is 3. The van der Waals surface area contributed by atoms with E-state index < -0.39 is 15.6 Å². The fourth-order valence-corrected chi connectivity index (χ4v) is 5.08. The molecule has 3 heterocycles. The molecule has 118 valence electrons. The monoisotopic (exact) mass is 313 g/mol. The number of sulfonamides is 1. The topological polar surface area (TPSA) is 95.3 Å². The van der Waals surface area contributed by atoms with Crippen LogP contribution >= 0.6 is 0 Å². The van der Waals surface area contributed by atoms with Gasteiger partial charge in [-0.15, -0.1) is 0 Å². The van der Waals surface area contributed by atoms with E-state index in [0.29, 0.717) is 19.5 Å². The van der Waals surface area contributed by atoms with Crippen molar-refractivity contribution in [3.8, 4) is 0 Å². The largest absolute Gasteiger partial charge is 0.348 e. The molecule has 0 bridgehead atoms. The lowest BCUT2D eigenvalue weighted by Gasteiger charge is -2.49. The molecule has 1 spiro atoms. The number of nitrogens with zero attached hydrogens (tertiary/aromatic N) is 3. The van der Waals surface area contributed by atoms with Crippen LogP contribution in [0.4, 0.5) is 0 Å². The first-order valence-corrected chi connectivity index (χ1v) is 9.25. The minimum absolute atomic E-state index is 0.480. The van der Waals surface area contributed by atoms with Crippen LogP contribution in [0, 0.1) is 0 Å². The average molecular weight is 313 g/mol. The van der Waals surface area contributed by atoms with Crippen molar-refractivity contribution in [2.24, 2.45) is 5.73 Å². The van der Waals surface area contributed by atoms with Gasteiger partial charge >= 0.3 is 0 Å². The second kappa shape index (κ2) is 5.35. The van der Waals surface area contributed by atoms with Gasteiger partial charge in [0.25, 0.3) is 0 Å². The van der Waals surface area contributed by atoms with E-state index in [1.807, 2.05) is 0 Å². The van der Waals surface area contributed by atoms with Gasteiger partial charge in [0.2, 0.25) is 10.0 Å². The predicted molar refractivity (Wildman–Crippen MR) is 80.2 cm³/mol. The van der Waals surface area contributed by atoms with Gasteiger partial charge < -0.3 is 15.6 Å². The molecule has 2 aliphatic heterocycles. The summed E-state index contributed by atoms with van der Waals surface area (Å²) in [7, 11) is -3.25. The number of likely N-dealkylation sites (tertiary alicyclic amines) is 1. The molecule has 1 saturated heterocycles. The maximum atomic E-state index is 12.3. The first-order chi connectivity index (χ1) is 9.97. The number of hydrogen-bond donors (Lipinski definition) is 2. The summed E-state index contributed by atoms with van der Waals surface area (Å²) < 4.78 is 26.2. The van der Waals surface area contributed by atoms with E-state index in [2.05, 4.69) is 14.9 Å². The van der Waals surface area contributed by atoms with Crippen molar-refractivity contribution in [2.75, 3.05) is 39.0 Å². The molecule has 0 unspecified atom stereocenters. The Morgan fingerprint density at radius 1 is 1.38 bits per heavy atom. The lowest BCUT2D eigenvalue weighted by Crippen LogP contribution is -2.58. The Morgan fingerprint density at radius 2 is 2.10 bits per heavy atom. The minimum Gasteiger partial charge on any atom is -0.348 e. The Labute approximate surface area is 125 Å². The first kappa shape index (κ1) is 15.0. The molecule has 7 nitrogen and oxygen atoms in total. The molecule has 1 aromatic rings. The summed E-state index contributed by atoms with van der Waals surface area (Å²) in [5, 5.41) is 0. The van der Waals surface area contributed by atoms with E-state index in [9.17, 15) is 8.42 Å². The zero-order valence-corrected chi connectivity index (χ0v) is 13.2. The summed E-state index contributed by atoms with van der Waals surface area (Å²) >= 11 is 0. The Balaban J connectivity index is 1.96. The summed E-state index contributed by atoms with van der Waals surface area (Å²) in [5.74, 6) is 0. The molecule has 21 heavy (non-hydrogen) atoms. The number of imidazole rings is 1. The summed E-state index contributed by atoms with van der Waals surface area (Å²) in [6.45, 7) is 3.74. The molecule has 3 N–H and O–H groups in total. The minimum atomic E-state index is -3.25. The van der Waals surface area contributed by atoms with E-state index in [-0.39, 0.29) is 0 Å². The van der Waals surface area contributed by atoms with Crippen LogP contribution in [-0.2, 0) is 22.0 Å². The summed E-state index contributed by atoms with van der Waals surface area (Å²) in [4.78, 5) is 9.93. The number of hydrogen-bond acceptors (Lipinski definition) is 5. The number of piperidine rings is 1. The fraction of sp³-hybridized carbons (Fsp3) is 0.769. The molecular formula is C13H23N5O2S. The van der Waals surface area contributed by atoms with Crippen LogP contribution in [0.25, 0.3) is 0 Å². The van der Waals surface area contributed by atoms with Gasteiger partial charge in [-0.05, 0) is 12.8 Å². The smallest absolute Gasteiger partial charge is 0.212 e. The molecule has 8 heteroatoms. The highest BCUT2D eigenvalue weighted by molar-refractivity contribution is 7.88. The quantitative estimate of drug-likeness (QED) is 0.783. The van der Waals surface area contributed by atoms with Crippen molar-refractivity contribution in [1.29, 1.82) is 0 Å². The van der Waals surface area contributed by atoms with Crippen molar-refractivity contribution in [1.82, 2.24) is 19.2 Å². The average Bonchev–Trinajstić information content (AvgIpc) is 2.90. The Kier molecular flexibility index (Phi) is 3.81. The van der Waals surface area contributed by atoms with Crippen LogP contribution in [0.2, 0.25) is 0 Å². The SMILES string of the molecule is CS(=O)(=O)N1CCc2[nH]cnc2C12CCN(CCN)CC2. The highest BCUT2D eigenvalue weighted by Gasteiger charge is 2.50. The number of aromatic amines is 1. The molecule has 0 amide bonds. The van der Waals surface area contributed by atoms with E-state index >= 15 is 0 Å². The van der Waals surface area contributed by atoms with Crippen molar-refractivity contribution < 1.29 is 8.42 Å². The fourth-order valence-electron chi connectivity index (χ4n) is 3.76. The normalized spacial score (nSPS) is 23.3. The zero-order valence-electron chi connectivity index (χ0n) is 12.4. The van der Waals surface area contributed by atoms with Crippen LogP contribution in [0.5, 0.6) is 0 Å². The molecule has 0 saturated carbocycles. The Bertz CT molecular complexity index is 604. The number of H-pyrrole nitrogens is 1. The first-order valence-electron chi connectivity index (χ1n) is 7.40. The zero-order chi connectivity index (χ0) is 15.1. The van der Waals surface area contributed by atoms with Crippen molar-refractivity contribution in [3.05, 3.63) is 17.7 Å². The number of fused-ring (bicyclic) bond motifs is 2. The van der Waals surface area contributed by atoms with Crippen LogP contribution in [0.3, 0.4) is 0 Å². The lowest BCUT2D eigenvalue weighted by atomic mass is 9.80. The van der Waals surface area contributed by atoms with Crippen molar-refractivity contribution in [2.45, 2.75) is 24.8 Å².